The third kappa shape index (κ3) is 5.34. The highest BCUT2D eigenvalue weighted by Crippen LogP contribution is 2.43. The van der Waals surface area contributed by atoms with Crippen molar-refractivity contribution in [3.05, 3.63) is 206 Å². The standard InChI is InChI=1S/C56H34N2/c1-5-13-39-29-43(21-17-35(39)9-1)49-33-51-52(55-47(49)25-27-53(57-55)45-23-19-37-11-3-7-15-41(37)31-45)34-50(44-22-18-36-10-2-6-14-40(36)30-44)48-26-28-54(58-56(48)51)46-24-20-38-12-4-8-16-42(38)32-46/h1-34H. The number of nitrogens with zero attached hydrogens (tertiary/aromatic N) is 2. The predicted molar refractivity (Wildman–Crippen MR) is 246 cm³/mol. The molecule has 2 heterocycles. The Labute approximate surface area is 335 Å². The van der Waals surface area contributed by atoms with Crippen molar-refractivity contribution in [1.29, 1.82) is 0 Å². The highest BCUT2D eigenvalue weighted by molar-refractivity contribution is 6.22. The Kier molecular flexibility index (Phi) is 7.26. The van der Waals surface area contributed by atoms with Crippen LogP contribution in [0.5, 0.6) is 0 Å². The van der Waals surface area contributed by atoms with Gasteiger partial charge in [-0.1, -0.05) is 146 Å². The summed E-state index contributed by atoms with van der Waals surface area (Å²) in [6.45, 7) is 0. The van der Waals surface area contributed by atoms with E-state index in [1.54, 1.807) is 0 Å². The van der Waals surface area contributed by atoms with E-state index in [2.05, 4.69) is 206 Å². The third-order valence-corrected chi connectivity index (χ3v) is 12.0. The largest absolute Gasteiger partial charge is 0.247 e. The molecule has 0 radical (unpaired) electrons. The first-order valence-corrected chi connectivity index (χ1v) is 19.9. The maximum Gasteiger partial charge on any atom is 0.0795 e. The summed E-state index contributed by atoms with van der Waals surface area (Å²) >= 11 is 0. The minimum absolute atomic E-state index is 0.945. The van der Waals surface area contributed by atoms with Gasteiger partial charge in [0.2, 0.25) is 0 Å². The molecule has 0 saturated carbocycles. The monoisotopic (exact) mass is 734 g/mol. The molecular formula is C56H34N2. The molecule has 12 aromatic rings. The van der Waals surface area contributed by atoms with Gasteiger partial charge in [-0.25, -0.2) is 9.97 Å². The van der Waals surface area contributed by atoms with Crippen LogP contribution in [0.3, 0.4) is 0 Å². The van der Waals surface area contributed by atoms with Crippen LogP contribution >= 0.6 is 0 Å². The zero-order chi connectivity index (χ0) is 38.2. The van der Waals surface area contributed by atoms with Crippen LogP contribution in [-0.4, -0.2) is 9.97 Å². The first-order valence-electron chi connectivity index (χ1n) is 19.9. The van der Waals surface area contributed by atoms with Crippen LogP contribution in [-0.2, 0) is 0 Å². The second-order valence-corrected chi connectivity index (χ2v) is 15.4. The van der Waals surface area contributed by atoms with Gasteiger partial charge in [0.05, 0.1) is 22.4 Å². The van der Waals surface area contributed by atoms with E-state index in [1.165, 1.54) is 43.1 Å². The lowest BCUT2D eigenvalue weighted by Gasteiger charge is -2.17. The number of aromatic nitrogens is 2. The lowest BCUT2D eigenvalue weighted by molar-refractivity contribution is 1.40. The zero-order valence-corrected chi connectivity index (χ0v) is 31.5. The molecule has 2 nitrogen and oxygen atoms in total. The van der Waals surface area contributed by atoms with Gasteiger partial charge in [0.25, 0.3) is 0 Å². The average Bonchev–Trinajstić information content (AvgIpc) is 3.30. The van der Waals surface area contributed by atoms with Gasteiger partial charge in [0.15, 0.2) is 0 Å². The summed E-state index contributed by atoms with van der Waals surface area (Å²) in [6, 6.07) is 74.7. The normalized spacial score (nSPS) is 11.8. The molecule has 58 heavy (non-hydrogen) atoms. The highest BCUT2D eigenvalue weighted by atomic mass is 14.7. The van der Waals surface area contributed by atoms with Crippen molar-refractivity contribution in [1.82, 2.24) is 9.97 Å². The summed E-state index contributed by atoms with van der Waals surface area (Å²) in [5, 5.41) is 14.1. The van der Waals surface area contributed by atoms with Gasteiger partial charge in [0.1, 0.15) is 0 Å². The van der Waals surface area contributed by atoms with Crippen molar-refractivity contribution in [2.45, 2.75) is 0 Å². The fourth-order valence-electron chi connectivity index (χ4n) is 8.97. The van der Waals surface area contributed by atoms with Gasteiger partial charge in [-0.15, -0.1) is 0 Å². The molecule has 268 valence electrons. The number of benzene rings is 10. The Morgan fingerprint density at radius 1 is 0.224 bits per heavy atom. The molecule has 0 aliphatic rings. The highest BCUT2D eigenvalue weighted by Gasteiger charge is 2.19. The maximum absolute atomic E-state index is 5.61. The Bertz CT molecular complexity index is 3400. The van der Waals surface area contributed by atoms with Crippen molar-refractivity contribution in [3.63, 3.8) is 0 Å². The summed E-state index contributed by atoms with van der Waals surface area (Å²) in [6.07, 6.45) is 0. The average molecular weight is 735 g/mol. The summed E-state index contributed by atoms with van der Waals surface area (Å²) < 4.78 is 0. The lowest BCUT2D eigenvalue weighted by Crippen LogP contribution is -1.95. The molecule has 2 aromatic heterocycles. The van der Waals surface area contributed by atoms with E-state index in [-0.39, 0.29) is 0 Å². The number of fused-ring (bicyclic) bond motifs is 9. The minimum Gasteiger partial charge on any atom is -0.247 e. The molecule has 0 aliphatic heterocycles. The lowest BCUT2D eigenvalue weighted by atomic mass is 9.89. The molecule has 0 unspecified atom stereocenters. The summed E-state index contributed by atoms with van der Waals surface area (Å²) in [5.41, 5.74) is 10.6. The number of pyridine rings is 2. The number of hydrogen-bond donors (Lipinski definition) is 0. The Morgan fingerprint density at radius 3 is 0.897 bits per heavy atom. The van der Waals surface area contributed by atoms with Crippen LogP contribution in [0.2, 0.25) is 0 Å². The van der Waals surface area contributed by atoms with Gasteiger partial charge in [0, 0.05) is 32.7 Å². The summed E-state index contributed by atoms with van der Waals surface area (Å²) in [4.78, 5) is 11.2. The van der Waals surface area contributed by atoms with Crippen molar-refractivity contribution in [2.24, 2.45) is 0 Å². The molecule has 0 aliphatic carbocycles. The van der Waals surface area contributed by atoms with Crippen LogP contribution in [0.15, 0.2) is 206 Å². The van der Waals surface area contributed by atoms with E-state index in [1.807, 2.05) is 0 Å². The molecule has 10 aromatic carbocycles. The Hall–Kier alpha value is -7.68. The second kappa shape index (κ2) is 12.9. The maximum atomic E-state index is 5.61. The fourth-order valence-corrected chi connectivity index (χ4v) is 8.97. The quantitative estimate of drug-likeness (QED) is 0.168. The third-order valence-electron chi connectivity index (χ3n) is 12.0. The zero-order valence-electron chi connectivity index (χ0n) is 31.5. The van der Waals surface area contributed by atoms with E-state index < -0.39 is 0 Å². The van der Waals surface area contributed by atoms with Gasteiger partial charge in [-0.3, -0.25) is 0 Å². The van der Waals surface area contributed by atoms with Crippen molar-refractivity contribution >= 4 is 75.7 Å². The molecule has 12 rings (SSSR count). The van der Waals surface area contributed by atoms with E-state index >= 15 is 0 Å². The van der Waals surface area contributed by atoms with E-state index in [0.29, 0.717) is 0 Å². The molecule has 0 N–H and O–H groups in total. The molecular weight excluding hydrogens is 701 g/mol. The van der Waals surface area contributed by atoms with E-state index in [0.717, 1.165) is 77.3 Å². The Morgan fingerprint density at radius 2 is 0.534 bits per heavy atom. The molecule has 0 amide bonds. The smallest absolute Gasteiger partial charge is 0.0795 e. The van der Waals surface area contributed by atoms with Crippen molar-refractivity contribution in [3.8, 4) is 44.8 Å². The van der Waals surface area contributed by atoms with Gasteiger partial charge in [-0.05, 0) is 126 Å². The van der Waals surface area contributed by atoms with Crippen LogP contribution in [0, 0.1) is 0 Å². The van der Waals surface area contributed by atoms with Gasteiger partial charge >= 0.3 is 0 Å². The number of rotatable bonds is 4. The van der Waals surface area contributed by atoms with Gasteiger partial charge in [-0.2, -0.15) is 0 Å². The molecule has 0 bridgehead atoms. The minimum atomic E-state index is 0.945. The second-order valence-electron chi connectivity index (χ2n) is 15.4. The topological polar surface area (TPSA) is 25.8 Å². The first kappa shape index (κ1) is 32.6. The van der Waals surface area contributed by atoms with Crippen molar-refractivity contribution in [2.75, 3.05) is 0 Å². The van der Waals surface area contributed by atoms with Crippen LogP contribution in [0.1, 0.15) is 0 Å². The van der Waals surface area contributed by atoms with Crippen molar-refractivity contribution < 1.29 is 0 Å². The summed E-state index contributed by atoms with van der Waals surface area (Å²) in [7, 11) is 0. The molecule has 0 fully saturated rings. The first-order chi connectivity index (χ1) is 28.7. The molecule has 0 atom stereocenters. The van der Waals surface area contributed by atoms with Crippen LogP contribution in [0.25, 0.3) is 120 Å². The Balaban J connectivity index is 1.19. The SMILES string of the molecule is c1ccc2cc(-c3ccc4c(-c5ccc6ccccc6c5)cc5c(cc(-c6ccc7ccccc7c6)c6ccc(-c7ccc8ccccc8c7)nc65)c4n3)ccc2c1. The molecule has 0 saturated heterocycles. The predicted octanol–water partition coefficient (Wildman–Crippen LogP) is 15.2. The fraction of sp³-hybridized carbons (Fsp3) is 0. The van der Waals surface area contributed by atoms with Crippen LogP contribution in [0.4, 0.5) is 0 Å². The van der Waals surface area contributed by atoms with E-state index in [9.17, 15) is 0 Å². The van der Waals surface area contributed by atoms with Crippen LogP contribution < -0.4 is 0 Å². The molecule has 2 heteroatoms. The van der Waals surface area contributed by atoms with Gasteiger partial charge < -0.3 is 0 Å². The molecule has 0 spiro atoms. The van der Waals surface area contributed by atoms with E-state index in [4.69, 9.17) is 9.97 Å². The number of hydrogen-bond acceptors (Lipinski definition) is 2. The summed E-state index contributed by atoms with van der Waals surface area (Å²) in [5.74, 6) is 0.